The van der Waals surface area contributed by atoms with Gasteiger partial charge in [-0.3, -0.25) is 9.59 Å². The minimum absolute atomic E-state index is 0.0714. The summed E-state index contributed by atoms with van der Waals surface area (Å²) in [5.41, 5.74) is 3.48. The number of anilines is 1. The molecule has 21 heavy (non-hydrogen) atoms. The molecule has 0 spiro atoms. The molecule has 2 aliphatic rings. The molecule has 0 radical (unpaired) electrons. The van der Waals surface area contributed by atoms with E-state index in [9.17, 15) is 9.59 Å². The number of rotatable bonds is 5. The number of fused-ring (bicyclic) bond motifs is 3. The van der Waals surface area contributed by atoms with Crippen LogP contribution in [0.15, 0.2) is 12.1 Å². The zero-order valence-corrected chi connectivity index (χ0v) is 12.2. The number of nitrogens with zero attached hydrogens (tertiary/aromatic N) is 1. The molecule has 1 N–H and O–H groups in total. The second kappa shape index (κ2) is 5.76. The highest BCUT2D eigenvalue weighted by Crippen LogP contribution is 2.44. The van der Waals surface area contributed by atoms with Gasteiger partial charge in [-0.2, -0.15) is 0 Å². The molecule has 5 heteroatoms. The summed E-state index contributed by atoms with van der Waals surface area (Å²) >= 11 is 0. The van der Waals surface area contributed by atoms with Crippen molar-refractivity contribution in [2.24, 2.45) is 0 Å². The highest BCUT2D eigenvalue weighted by Gasteiger charge is 2.33. The molecule has 2 aliphatic heterocycles. The molecule has 0 aliphatic carbocycles. The van der Waals surface area contributed by atoms with E-state index in [1.165, 1.54) is 11.1 Å². The Morgan fingerprint density at radius 3 is 3.14 bits per heavy atom. The number of hydrogen-bond acceptors (Lipinski definition) is 3. The van der Waals surface area contributed by atoms with Gasteiger partial charge in [0.05, 0.1) is 6.61 Å². The summed E-state index contributed by atoms with van der Waals surface area (Å²) in [5.74, 6) is 1.30. The lowest BCUT2D eigenvalue weighted by molar-refractivity contribution is -0.120. The SMILES string of the molecule is CCC(=O)NCCC1CN(C=O)c2ccc3c(c21)CCO3. The predicted octanol–water partition coefficient (Wildman–Crippen LogP) is 1.60. The molecule has 1 atom stereocenters. The zero-order valence-electron chi connectivity index (χ0n) is 12.2. The average molecular weight is 288 g/mol. The van der Waals surface area contributed by atoms with Crippen LogP contribution in [0.1, 0.15) is 36.8 Å². The number of ether oxygens (including phenoxy) is 1. The van der Waals surface area contributed by atoms with Crippen molar-refractivity contribution in [3.05, 3.63) is 23.3 Å². The molecule has 2 amide bonds. The lowest BCUT2D eigenvalue weighted by Crippen LogP contribution is -2.26. The van der Waals surface area contributed by atoms with Gasteiger partial charge in [0.25, 0.3) is 0 Å². The van der Waals surface area contributed by atoms with Crippen LogP contribution in [0.4, 0.5) is 5.69 Å². The molecule has 1 unspecified atom stereocenters. The molecule has 1 aromatic rings. The number of benzene rings is 1. The molecule has 0 saturated carbocycles. The first kappa shape index (κ1) is 13.9. The Kier molecular flexibility index (Phi) is 3.82. The molecule has 0 saturated heterocycles. The molecule has 112 valence electrons. The second-order valence-electron chi connectivity index (χ2n) is 5.52. The Morgan fingerprint density at radius 2 is 2.38 bits per heavy atom. The third-order valence-corrected chi connectivity index (χ3v) is 4.30. The van der Waals surface area contributed by atoms with Crippen molar-refractivity contribution in [1.29, 1.82) is 0 Å². The Bertz CT molecular complexity index is 571. The minimum atomic E-state index is 0.0714. The van der Waals surface area contributed by atoms with Crippen LogP contribution in [0, 0.1) is 0 Å². The number of nitrogens with one attached hydrogen (secondary N) is 1. The van der Waals surface area contributed by atoms with Gasteiger partial charge >= 0.3 is 0 Å². The van der Waals surface area contributed by atoms with Crippen LogP contribution in [0.25, 0.3) is 0 Å². The molecule has 0 fully saturated rings. The Labute approximate surface area is 124 Å². The van der Waals surface area contributed by atoms with Crippen molar-refractivity contribution in [3.63, 3.8) is 0 Å². The summed E-state index contributed by atoms with van der Waals surface area (Å²) in [6.45, 7) is 3.90. The molecule has 0 bridgehead atoms. The van der Waals surface area contributed by atoms with Gasteiger partial charge in [-0.05, 0) is 24.1 Å². The third kappa shape index (κ3) is 2.48. The van der Waals surface area contributed by atoms with Gasteiger partial charge in [0.2, 0.25) is 12.3 Å². The molecular weight excluding hydrogens is 268 g/mol. The van der Waals surface area contributed by atoms with Gasteiger partial charge in [-0.25, -0.2) is 0 Å². The topological polar surface area (TPSA) is 58.6 Å². The van der Waals surface area contributed by atoms with Crippen LogP contribution >= 0.6 is 0 Å². The third-order valence-electron chi connectivity index (χ3n) is 4.30. The van der Waals surface area contributed by atoms with Crippen LogP contribution in [-0.4, -0.2) is 32.0 Å². The fourth-order valence-corrected chi connectivity index (χ4v) is 3.27. The van der Waals surface area contributed by atoms with Crippen LogP contribution in [-0.2, 0) is 16.0 Å². The Morgan fingerprint density at radius 1 is 1.52 bits per heavy atom. The Hall–Kier alpha value is -2.04. The van der Waals surface area contributed by atoms with Crippen LogP contribution < -0.4 is 15.0 Å². The van der Waals surface area contributed by atoms with Crippen molar-refractivity contribution in [3.8, 4) is 5.75 Å². The zero-order chi connectivity index (χ0) is 14.8. The van der Waals surface area contributed by atoms with Gasteiger partial charge in [-0.1, -0.05) is 6.92 Å². The van der Waals surface area contributed by atoms with E-state index < -0.39 is 0 Å². The first-order chi connectivity index (χ1) is 10.2. The summed E-state index contributed by atoms with van der Waals surface area (Å²) in [4.78, 5) is 24.4. The highest BCUT2D eigenvalue weighted by molar-refractivity contribution is 5.82. The maximum Gasteiger partial charge on any atom is 0.219 e. The van der Waals surface area contributed by atoms with E-state index in [0.29, 0.717) is 26.1 Å². The van der Waals surface area contributed by atoms with E-state index >= 15 is 0 Å². The van der Waals surface area contributed by atoms with Crippen molar-refractivity contribution >= 4 is 18.0 Å². The molecule has 0 aromatic heterocycles. The normalized spacial score (nSPS) is 18.9. The van der Waals surface area contributed by atoms with Crippen molar-refractivity contribution in [2.45, 2.75) is 32.1 Å². The second-order valence-corrected chi connectivity index (χ2v) is 5.52. The average Bonchev–Trinajstić information content (AvgIpc) is 3.10. The number of hydrogen-bond donors (Lipinski definition) is 1. The first-order valence-corrected chi connectivity index (χ1v) is 7.51. The predicted molar refractivity (Wildman–Crippen MR) is 79.7 cm³/mol. The molecular formula is C16H20N2O3. The first-order valence-electron chi connectivity index (χ1n) is 7.51. The van der Waals surface area contributed by atoms with E-state index in [4.69, 9.17) is 4.74 Å². The van der Waals surface area contributed by atoms with E-state index in [2.05, 4.69) is 5.32 Å². The maximum atomic E-state index is 11.3. The minimum Gasteiger partial charge on any atom is -0.493 e. The lowest BCUT2D eigenvalue weighted by atomic mass is 9.92. The quantitative estimate of drug-likeness (QED) is 0.837. The van der Waals surface area contributed by atoms with Crippen LogP contribution in [0.2, 0.25) is 0 Å². The van der Waals surface area contributed by atoms with Gasteiger partial charge in [-0.15, -0.1) is 0 Å². The summed E-state index contributed by atoms with van der Waals surface area (Å²) in [7, 11) is 0. The van der Waals surface area contributed by atoms with Gasteiger partial charge in [0.15, 0.2) is 0 Å². The molecule has 5 nitrogen and oxygen atoms in total. The maximum absolute atomic E-state index is 11.3. The summed E-state index contributed by atoms with van der Waals surface area (Å²) in [6.07, 6.45) is 3.15. The fourth-order valence-electron chi connectivity index (χ4n) is 3.27. The van der Waals surface area contributed by atoms with Gasteiger partial charge < -0.3 is 15.0 Å². The van der Waals surface area contributed by atoms with E-state index in [0.717, 1.165) is 30.7 Å². The smallest absolute Gasteiger partial charge is 0.219 e. The van der Waals surface area contributed by atoms with Gasteiger partial charge in [0.1, 0.15) is 5.75 Å². The summed E-state index contributed by atoms with van der Waals surface area (Å²) in [6, 6.07) is 3.93. The van der Waals surface area contributed by atoms with Gasteiger partial charge in [0, 0.05) is 43.1 Å². The summed E-state index contributed by atoms with van der Waals surface area (Å²) < 4.78 is 5.62. The van der Waals surface area contributed by atoms with Crippen molar-refractivity contribution in [2.75, 3.05) is 24.6 Å². The van der Waals surface area contributed by atoms with E-state index in [1.807, 2.05) is 19.1 Å². The van der Waals surface area contributed by atoms with Crippen molar-refractivity contribution < 1.29 is 14.3 Å². The highest BCUT2D eigenvalue weighted by atomic mass is 16.5. The van der Waals surface area contributed by atoms with E-state index in [-0.39, 0.29) is 11.8 Å². The molecule has 1 aromatic carbocycles. The standard InChI is InChI=1S/C16H20N2O3/c1-2-15(20)17-7-5-11-9-18(10-19)13-3-4-14-12(16(11)13)6-8-21-14/h3-4,10-11H,2,5-9H2,1H3,(H,17,20). The van der Waals surface area contributed by atoms with Crippen LogP contribution in [0.5, 0.6) is 5.75 Å². The summed E-state index contributed by atoms with van der Waals surface area (Å²) in [5, 5.41) is 2.91. The molecule has 2 heterocycles. The number of carbonyl (C=O) groups excluding carboxylic acids is 2. The van der Waals surface area contributed by atoms with Crippen molar-refractivity contribution in [1.82, 2.24) is 5.32 Å². The largest absolute Gasteiger partial charge is 0.493 e. The number of carbonyl (C=O) groups is 2. The Balaban J connectivity index is 1.81. The van der Waals surface area contributed by atoms with E-state index in [1.54, 1.807) is 4.90 Å². The number of amides is 2. The monoisotopic (exact) mass is 288 g/mol. The van der Waals surface area contributed by atoms with Crippen LogP contribution in [0.3, 0.4) is 0 Å². The molecule has 3 rings (SSSR count). The fraction of sp³-hybridized carbons (Fsp3) is 0.500. The lowest BCUT2D eigenvalue weighted by Gasteiger charge is -2.13.